The third kappa shape index (κ3) is 6.81. The van der Waals surface area contributed by atoms with Gasteiger partial charge in [-0.25, -0.2) is 0 Å². The Morgan fingerprint density at radius 2 is 1.03 bits per heavy atom. The van der Waals surface area contributed by atoms with Gasteiger partial charge in [-0.05, 0) is 76.6 Å². The molecular weight excluding hydrogens is 512 g/mol. The molecule has 0 nitrogen and oxygen atoms in total. The summed E-state index contributed by atoms with van der Waals surface area (Å²) in [5, 5.41) is 2.65. The number of allylic oxidation sites excluding steroid dienone is 4. The molecule has 0 radical (unpaired) electrons. The van der Waals surface area contributed by atoms with Gasteiger partial charge in [0.2, 0.25) is 0 Å². The number of rotatable bonds is 5. The van der Waals surface area contributed by atoms with Crippen LogP contribution in [0.3, 0.4) is 0 Å². The van der Waals surface area contributed by atoms with Crippen LogP contribution < -0.4 is 10.6 Å². The van der Waals surface area contributed by atoms with E-state index >= 15 is 0 Å². The van der Waals surface area contributed by atoms with Gasteiger partial charge in [0.15, 0.2) is 0 Å². The summed E-state index contributed by atoms with van der Waals surface area (Å²) >= 11 is 0. The fourth-order valence-electron chi connectivity index (χ4n) is 4.63. The highest BCUT2D eigenvalue weighted by molar-refractivity contribution is 7.76. The molecule has 2 aromatic rings. The quantitative estimate of drug-likeness (QED) is 0.260. The predicted molar refractivity (Wildman–Crippen MR) is 141 cm³/mol. The molecule has 1 aliphatic carbocycles. The van der Waals surface area contributed by atoms with Crippen molar-refractivity contribution in [2.75, 3.05) is 6.16 Å². The van der Waals surface area contributed by atoms with Crippen molar-refractivity contribution in [3.63, 3.8) is 0 Å². The molecule has 0 aliphatic heterocycles. The average Bonchev–Trinajstić information content (AvgIpc) is 3.18. The summed E-state index contributed by atoms with van der Waals surface area (Å²) in [7, 11) is -1.78. The van der Waals surface area contributed by atoms with Crippen LogP contribution >= 0.6 is 15.8 Å². The zero-order chi connectivity index (χ0) is 27.1. The second-order valence-electron chi connectivity index (χ2n) is 10.9. The van der Waals surface area contributed by atoms with Gasteiger partial charge in [0.05, 0.1) is 11.1 Å². The molecule has 3 rings (SSSR count). The molecule has 0 saturated carbocycles. The minimum atomic E-state index is -4.45. The largest absolute Gasteiger partial charge is 0.416 e. The molecule has 0 heterocycles. The van der Waals surface area contributed by atoms with Crippen LogP contribution in [-0.4, -0.2) is 16.5 Å². The van der Waals surface area contributed by atoms with Gasteiger partial charge in [-0.15, -0.1) is 0 Å². The highest BCUT2D eigenvalue weighted by atomic mass is 31.1. The predicted octanol–water partition coefficient (Wildman–Crippen LogP) is 9.45. The Morgan fingerprint density at radius 1 is 0.639 bits per heavy atom. The van der Waals surface area contributed by atoms with Crippen LogP contribution in [0.5, 0.6) is 0 Å². The van der Waals surface area contributed by atoms with E-state index in [9.17, 15) is 26.3 Å². The normalized spacial score (nSPS) is 15.5. The van der Waals surface area contributed by atoms with Crippen molar-refractivity contribution in [3.8, 4) is 0 Å². The summed E-state index contributed by atoms with van der Waals surface area (Å²) in [6, 6.07) is 10.2. The molecule has 0 saturated heterocycles. The number of benzene rings is 2. The lowest BCUT2D eigenvalue weighted by Gasteiger charge is -2.42. The third-order valence-corrected chi connectivity index (χ3v) is 12.7. The van der Waals surface area contributed by atoms with Crippen molar-refractivity contribution >= 4 is 26.5 Å². The van der Waals surface area contributed by atoms with Gasteiger partial charge in [-0.1, -0.05) is 85.9 Å². The fourth-order valence-corrected chi connectivity index (χ4v) is 10.9. The molecule has 0 spiro atoms. The van der Waals surface area contributed by atoms with E-state index in [2.05, 4.69) is 53.7 Å². The van der Waals surface area contributed by atoms with Crippen LogP contribution in [0.4, 0.5) is 26.3 Å². The highest BCUT2D eigenvalue weighted by Gasteiger charge is 2.37. The van der Waals surface area contributed by atoms with Crippen LogP contribution in [0, 0.1) is 0 Å². The van der Waals surface area contributed by atoms with Gasteiger partial charge >= 0.3 is 12.4 Å². The zero-order valence-corrected chi connectivity index (χ0v) is 23.1. The topological polar surface area (TPSA) is 0 Å². The first kappa shape index (κ1) is 28.9. The first-order valence-electron chi connectivity index (χ1n) is 11.7. The molecular formula is C28H32F6P2. The average molecular weight is 545 g/mol. The molecule has 36 heavy (non-hydrogen) atoms. The molecule has 196 valence electrons. The Labute approximate surface area is 212 Å². The van der Waals surface area contributed by atoms with Crippen molar-refractivity contribution in [1.82, 2.24) is 0 Å². The minimum absolute atomic E-state index is 0.0770. The van der Waals surface area contributed by atoms with E-state index in [-0.39, 0.29) is 10.3 Å². The van der Waals surface area contributed by atoms with E-state index in [0.29, 0.717) is 17.0 Å². The first-order valence-corrected chi connectivity index (χ1v) is 14.6. The van der Waals surface area contributed by atoms with Crippen LogP contribution in [0.2, 0.25) is 0 Å². The Balaban J connectivity index is 2.13. The maximum absolute atomic E-state index is 13.2. The summed E-state index contributed by atoms with van der Waals surface area (Å²) in [5.41, 5.74) is -0.315. The molecule has 8 heteroatoms. The SMILES string of the molecule is CC(C)(C)P(CC1=C(P(c2ccc(C(F)(F)F)cc2)c2ccc(C(F)(F)F)cc2)CC=C1)C(C)(C)C. The smallest absolute Gasteiger partial charge is 0.166 e. The van der Waals surface area contributed by atoms with Crippen molar-refractivity contribution in [2.24, 2.45) is 0 Å². The lowest BCUT2D eigenvalue weighted by atomic mass is 10.2. The lowest BCUT2D eigenvalue weighted by Crippen LogP contribution is -2.27. The second kappa shape index (κ2) is 10.3. The summed E-state index contributed by atoms with van der Waals surface area (Å²) < 4.78 is 79.3. The molecule has 0 bridgehead atoms. The second-order valence-corrected chi connectivity index (χ2v) is 17.0. The monoisotopic (exact) mass is 544 g/mol. The van der Waals surface area contributed by atoms with Gasteiger partial charge in [-0.2, -0.15) is 26.3 Å². The Hall–Kier alpha value is -1.64. The van der Waals surface area contributed by atoms with E-state index < -0.39 is 39.3 Å². The van der Waals surface area contributed by atoms with Crippen LogP contribution in [-0.2, 0) is 12.4 Å². The minimum Gasteiger partial charge on any atom is -0.166 e. The molecule has 0 atom stereocenters. The summed E-state index contributed by atoms with van der Waals surface area (Å²) in [6.07, 6.45) is -3.25. The van der Waals surface area contributed by atoms with E-state index in [0.717, 1.165) is 41.3 Å². The van der Waals surface area contributed by atoms with E-state index in [1.165, 1.54) is 24.3 Å². The standard InChI is InChI=1S/C28H32F6P2/c1-25(2,3)35(26(4,5)6)18-19-8-7-9-24(19)36(22-14-10-20(11-15-22)27(29,30)31)23-16-12-21(13-17-23)28(32,33)34/h7-8,10-17H,9,18H2,1-6H3. The van der Waals surface area contributed by atoms with Crippen LogP contribution in [0.1, 0.15) is 59.1 Å². The Kier molecular flexibility index (Phi) is 8.24. The van der Waals surface area contributed by atoms with Gasteiger partial charge in [-0.3, -0.25) is 0 Å². The first-order chi connectivity index (χ1) is 16.4. The molecule has 0 fully saturated rings. The highest BCUT2D eigenvalue weighted by Crippen LogP contribution is 2.62. The van der Waals surface area contributed by atoms with Crippen molar-refractivity contribution in [2.45, 2.75) is 70.6 Å². The van der Waals surface area contributed by atoms with E-state index in [4.69, 9.17) is 0 Å². The van der Waals surface area contributed by atoms with Gasteiger partial charge in [0, 0.05) is 0 Å². The maximum atomic E-state index is 13.2. The molecule has 0 amide bonds. The molecule has 0 unspecified atom stereocenters. The van der Waals surface area contributed by atoms with Crippen molar-refractivity contribution < 1.29 is 26.3 Å². The molecule has 0 N–H and O–H groups in total. The number of alkyl halides is 6. The van der Waals surface area contributed by atoms with Crippen LogP contribution in [0.15, 0.2) is 71.6 Å². The lowest BCUT2D eigenvalue weighted by molar-refractivity contribution is -0.138. The zero-order valence-electron chi connectivity index (χ0n) is 21.3. The Bertz CT molecular complexity index is 1040. The molecule has 1 aliphatic rings. The maximum Gasteiger partial charge on any atom is 0.416 e. The number of halogens is 6. The van der Waals surface area contributed by atoms with E-state index in [1.807, 2.05) is 0 Å². The Morgan fingerprint density at radius 3 is 1.36 bits per heavy atom. The number of hydrogen-bond donors (Lipinski definition) is 0. The van der Waals surface area contributed by atoms with Gasteiger partial charge < -0.3 is 0 Å². The molecule has 0 aromatic heterocycles. The molecule has 2 aromatic carbocycles. The van der Waals surface area contributed by atoms with Crippen molar-refractivity contribution in [1.29, 1.82) is 0 Å². The fraction of sp³-hybridized carbons (Fsp3) is 0.429. The van der Waals surface area contributed by atoms with Gasteiger partial charge in [0.1, 0.15) is 0 Å². The summed E-state index contributed by atoms with van der Waals surface area (Å²) in [4.78, 5) is 0. The van der Waals surface area contributed by atoms with Crippen LogP contribution in [0.25, 0.3) is 0 Å². The van der Waals surface area contributed by atoms with Gasteiger partial charge in [0.25, 0.3) is 0 Å². The van der Waals surface area contributed by atoms with E-state index in [1.54, 1.807) is 0 Å². The third-order valence-electron chi connectivity index (χ3n) is 6.12. The number of hydrogen-bond acceptors (Lipinski definition) is 0. The summed E-state index contributed by atoms with van der Waals surface area (Å²) in [6.45, 7) is 13.4. The van der Waals surface area contributed by atoms with Crippen molar-refractivity contribution in [3.05, 3.63) is 82.7 Å². The summed E-state index contributed by atoms with van der Waals surface area (Å²) in [5.74, 6) is 0.